The molecule has 6 heteroatoms. The van der Waals surface area contributed by atoms with Crippen LogP contribution >= 0.6 is 0 Å². The van der Waals surface area contributed by atoms with Crippen LogP contribution < -0.4 is 11.5 Å². The van der Waals surface area contributed by atoms with Crippen LogP contribution in [-0.2, 0) is 22.3 Å². The molecule has 79 heavy (non-hydrogen) atoms. The van der Waals surface area contributed by atoms with Crippen LogP contribution in [0.1, 0.15) is 422 Å². The predicted molar refractivity (Wildman–Crippen MR) is 346 cm³/mol. The van der Waals surface area contributed by atoms with Crippen LogP contribution in [0.4, 0.5) is 9.59 Å². The topological polar surface area (TPSA) is 105 Å². The van der Waals surface area contributed by atoms with Crippen molar-refractivity contribution in [3.63, 3.8) is 0 Å². The Morgan fingerprint density at radius 3 is 0.684 bits per heavy atom. The van der Waals surface area contributed by atoms with Gasteiger partial charge in [-0.05, 0) is 36.8 Å². The lowest BCUT2D eigenvalue weighted by Crippen LogP contribution is -2.25. The third kappa shape index (κ3) is 54.8. The van der Waals surface area contributed by atoms with E-state index < -0.39 is 18.5 Å². The molecule has 0 aromatic heterocycles. The largest absolute Gasteiger partial charge is 0.407 e. The molecule has 0 saturated heterocycles. The molecule has 0 aliphatic rings. The first-order chi connectivity index (χ1) is 39.0. The zero-order valence-corrected chi connectivity index (χ0v) is 53.4. The van der Waals surface area contributed by atoms with Gasteiger partial charge < -0.3 is 20.9 Å². The van der Waals surface area contributed by atoms with Crippen molar-refractivity contribution in [2.45, 2.75) is 418 Å². The lowest BCUT2D eigenvalue weighted by atomic mass is 9.95. The summed E-state index contributed by atoms with van der Waals surface area (Å²) in [6.07, 6.45) is 83.1. The van der Waals surface area contributed by atoms with Crippen LogP contribution in [0.2, 0.25) is 0 Å². The molecule has 6 nitrogen and oxygen atoms in total. The van der Waals surface area contributed by atoms with Gasteiger partial charge in [-0.3, -0.25) is 0 Å². The molecule has 4 N–H and O–H groups in total. The van der Waals surface area contributed by atoms with E-state index in [-0.39, 0.29) is 0 Å². The molecular weight excluding hydrogens is 969 g/mol. The van der Waals surface area contributed by atoms with Crippen LogP contribution in [0, 0.1) is 0 Å². The molecule has 1 rings (SSSR count). The average molecular weight is 1110 g/mol. The summed E-state index contributed by atoms with van der Waals surface area (Å²) in [6, 6.07) is 6.23. The number of primary amides is 2. The zero-order valence-electron chi connectivity index (χ0n) is 53.4. The first kappa shape index (κ1) is 74.8. The molecule has 1 aromatic carbocycles. The number of amides is 2. The Labute approximate surface area is 493 Å². The van der Waals surface area contributed by atoms with Gasteiger partial charge in [0.1, 0.15) is 0 Å². The Hall–Kier alpha value is -2.24. The summed E-state index contributed by atoms with van der Waals surface area (Å²) in [5.41, 5.74) is 13.8. The Morgan fingerprint density at radius 1 is 0.291 bits per heavy atom. The third-order valence-corrected chi connectivity index (χ3v) is 17.5. The maximum atomic E-state index is 11.8. The molecule has 0 aliphatic carbocycles. The highest BCUT2D eigenvalue weighted by molar-refractivity contribution is 5.67. The van der Waals surface area contributed by atoms with Crippen molar-refractivity contribution in [2.75, 3.05) is 0 Å². The minimum Gasteiger partial charge on any atom is -0.405 e. The maximum Gasteiger partial charge on any atom is 0.407 e. The van der Waals surface area contributed by atoms with Crippen LogP contribution in [0.15, 0.2) is 18.2 Å². The van der Waals surface area contributed by atoms with Gasteiger partial charge in [0.15, 0.2) is 0 Å². The monoisotopic (exact) mass is 1110 g/mol. The number of unbranched alkanes of at least 4 members (excludes halogenated alkanes) is 58. The van der Waals surface area contributed by atoms with Gasteiger partial charge in [0, 0.05) is 5.56 Å². The smallest absolute Gasteiger partial charge is 0.405 e. The Bertz CT molecular complexity index is 1380. The second-order valence-electron chi connectivity index (χ2n) is 25.2. The van der Waals surface area contributed by atoms with Crippen molar-refractivity contribution >= 4 is 12.2 Å². The molecule has 0 bridgehead atoms. The molecule has 2 amide bonds. The Balaban J connectivity index is 2.04. The molecule has 0 saturated carbocycles. The molecule has 0 unspecified atom stereocenters. The number of benzene rings is 1. The van der Waals surface area contributed by atoms with E-state index in [2.05, 4.69) is 26.0 Å². The highest BCUT2D eigenvalue weighted by Crippen LogP contribution is 2.28. The molecule has 464 valence electrons. The first-order valence-electron chi connectivity index (χ1n) is 36.0. The zero-order chi connectivity index (χ0) is 56.8. The highest BCUT2D eigenvalue weighted by atomic mass is 16.7. The summed E-state index contributed by atoms with van der Waals surface area (Å²) in [7, 11) is 0. The number of aryl methyl sites for hydroxylation is 2. The normalized spacial score (nSPS) is 11.6. The van der Waals surface area contributed by atoms with E-state index in [1.807, 2.05) is 6.07 Å². The molecule has 0 fully saturated rings. The molecule has 0 heterocycles. The summed E-state index contributed by atoms with van der Waals surface area (Å²) in [5, 5.41) is 0. The Morgan fingerprint density at radius 2 is 0.481 bits per heavy atom. The first-order valence-corrected chi connectivity index (χ1v) is 36.0. The van der Waals surface area contributed by atoms with E-state index in [0.717, 1.165) is 37.7 Å². The van der Waals surface area contributed by atoms with Gasteiger partial charge in [0.25, 0.3) is 6.29 Å². The summed E-state index contributed by atoms with van der Waals surface area (Å²) in [4.78, 5) is 23.5. The number of ether oxygens (including phenoxy) is 2. The van der Waals surface area contributed by atoms with Crippen molar-refractivity contribution < 1.29 is 19.1 Å². The number of carbonyl (C=O) groups excluding carboxylic acids is 2. The van der Waals surface area contributed by atoms with E-state index in [9.17, 15) is 9.59 Å². The van der Waals surface area contributed by atoms with Gasteiger partial charge in [0.2, 0.25) is 0 Å². The predicted octanol–water partition coefficient (Wildman–Crippen LogP) is 25.4. The number of nitrogens with two attached hydrogens (primary N) is 2. The fraction of sp³-hybridized carbons (Fsp3) is 0.890. The van der Waals surface area contributed by atoms with Crippen molar-refractivity contribution in [3.05, 3.63) is 34.9 Å². The number of carbonyl (C=O) groups is 2. The van der Waals surface area contributed by atoms with E-state index in [1.54, 1.807) is 0 Å². The fourth-order valence-electron chi connectivity index (χ4n) is 12.3. The highest BCUT2D eigenvalue weighted by Gasteiger charge is 2.22. The van der Waals surface area contributed by atoms with Gasteiger partial charge in [-0.1, -0.05) is 404 Å². The van der Waals surface area contributed by atoms with Crippen LogP contribution in [-0.4, -0.2) is 12.2 Å². The van der Waals surface area contributed by atoms with E-state index >= 15 is 0 Å². The molecule has 0 radical (unpaired) electrons. The van der Waals surface area contributed by atoms with Gasteiger partial charge in [-0.25, -0.2) is 9.59 Å². The minimum atomic E-state index is -1.23. The summed E-state index contributed by atoms with van der Waals surface area (Å²) < 4.78 is 10.5. The Kier molecular flexibility index (Phi) is 58.5. The van der Waals surface area contributed by atoms with Crippen molar-refractivity contribution in [3.8, 4) is 0 Å². The van der Waals surface area contributed by atoms with Gasteiger partial charge >= 0.3 is 12.2 Å². The number of hydrogen-bond acceptors (Lipinski definition) is 4. The quantitative estimate of drug-likeness (QED) is 0.0501. The van der Waals surface area contributed by atoms with Crippen molar-refractivity contribution in [1.29, 1.82) is 0 Å². The number of rotatable bonds is 65. The molecular formula is C73H138N2O4. The van der Waals surface area contributed by atoms with Crippen LogP contribution in [0.5, 0.6) is 0 Å². The molecule has 1 aromatic rings. The third-order valence-electron chi connectivity index (χ3n) is 17.5. The van der Waals surface area contributed by atoms with Gasteiger partial charge in [-0.15, -0.1) is 0 Å². The van der Waals surface area contributed by atoms with E-state index in [0.29, 0.717) is 5.56 Å². The molecule has 0 atom stereocenters. The van der Waals surface area contributed by atoms with Gasteiger partial charge in [-0.2, -0.15) is 0 Å². The maximum absolute atomic E-state index is 11.8. The van der Waals surface area contributed by atoms with Gasteiger partial charge in [0.05, 0.1) is 0 Å². The molecule has 0 spiro atoms. The lowest BCUT2D eigenvalue weighted by molar-refractivity contribution is -0.0583. The summed E-state index contributed by atoms with van der Waals surface area (Å²) >= 11 is 0. The summed E-state index contributed by atoms with van der Waals surface area (Å²) in [5.74, 6) is 0. The second-order valence-corrected chi connectivity index (χ2v) is 25.2. The average Bonchev–Trinajstić information content (AvgIpc) is 3.44. The van der Waals surface area contributed by atoms with Crippen molar-refractivity contribution in [1.82, 2.24) is 0 Å². The van der Waals surface area contributed by atoms with E-state index in [1.165, 1.54) is 372 Å². The second kappa shape index (κ2) is 61.8. The van der Waals surface area contributed by atoms with Crippen LogP contribution in [0.3, 0.4) is 0 Å². The number of hydrogen-bond donors (Lipinski definition) is 2. The van der Waals surface area contributed by atoms with Crippen LogP contribution in [0.25, 0.3) is 0 Å². The molecule has 0 aliphatic heterocycles. The SMILES string of the molecule is CCCCCCCCCCCCCCCCCCCCCCCCCCCCCCCCc1ccc(C(OC(N)=O)OC(N)=O)c(CCCCCCCCCCCCCCCCCCCCCCCCCCCCCCCC)c1. The fourth-order valence-corrected chi connectivity index (χ4v) is 12.3. The summed E-state index contributed by atoms with van der Waals surface area (Å²) in [6.45, 7) is 4.61. The lowest BCUT2D eigenvalue weighted by Gasteiger charge is -2.20. The van der Waals surface area contributed by atoms with E-state index in [4.69, 9.17) is 20.9 Å². The van der Waals surface area contributed by atoms with Crippen molar-refractivity contribution in [2.24, 2.45) is 11.5 Å². The minimum absolute atomic E-state index is 0.664. The standard InChI is InChI=1S/C73H138N2O4/c1-3-5-7-9-11-13-15-17-19-21-23-25-27-29-31-33-35-37-39-41-43-45-47-49-51-53-55-57-59-61-63-68-65-66-70(71(78-72(74)76)79-73(75)77)69(67-68)64-62-60-58-56-54-52-50-48-46-44-42-40-38-36-34-32-30-28-26-24-22-20-18-16-14-12-10-8-6-4-2/h65-67,71H,3-64H2,1-2H3,(H2,74,76)(H2,75,77).